The Bertz CT molecular complexity index is 630. The molecule has 0 fully saturated rings. The summed E-state index contributed by atoms with van der Waals surface area (Å²) < 4.78 is 0.690. The summed E-state index contributed by atoms with van der Waals surface area (Å²) in [4.78, 5) is 12.9. The Kier molecular flexibility index (Phi) is 5.16. The van der Waals surface area contributed by atoms with Gasteiger partial charge in [-0.2, -0.15) is 0 Å². The molecule has 2 rings (SSSR count). The Morgan fingerprint density at radius 2 is 1.95 bits per heavy atom. The van der Waals surface area contributed by atoms with E-state index in [2.05, 4.69) is 10.6 Å². The molecular weight excluding hydrogens is 339 g/mol. The number of benzene rings is 1. The van der Waals surface area contributed by atoms with Crippen LogP contribution in [0.2, 0.25) is 14.4 Å². The fraction of sp³-hybridized carbons (Fsp3) is 0.154. The molecule has 1 aromatic carbocycles. The van der Waals surface area contributed by atoms with Gasteiger partial charge in [0.05, 0.1) is 21.1 Å². The second-order valence-electron chi connectivity index (χ2n) is 4.09. The first kappa shape index (κ1) is 15.4. The summed E-state index contributed by atoms with van der Waals surface area (Å²) in [7, 11) is 0. The van der Waals surface area contributed by atoms with Crippen LogP contribution in [0.5, 0.6) is 0 Å². The highest BCUT2D eigenvalue weighted by Crippen LogP contribution is 2.27. The third-order valence-electron chi connectivity index (χ3n) is 2.55. The van der Waals surface area contributed by atoms with Crippen molar-refractivity contribution in [3.8, 4) is 0 Å². The largest absolute Gasteiger partial charge is 0.331 e. The summed E-state index contributed by atoms with van der Waals surface area (Å²) >= 11 is 19.1. The van der Waals surface area contributed by atoms with Crippen LogP contribution in [-0.4, -0.2) is 6.03 Å². The van der Waals surface area contributed by atoms with Crippen LogP contribution in [0.15, 0.2) is 30.3 Å². The summed E-state index contributed by atoms with van der Waals surface area (Å²) in [6.45, 7) is 1.88. The zero-order valence-electron chi connectivity index (χ0n) is 10.4. The number of carbonyl (C=O) groups excluding carboxylic acids is 1. The van der Waals surface area contributed by atoms with Crippen LogP contribution in [0, 0.1) is 0 Å². The molecule has 7 heteroatoms. The van der Waals surface area contributed by atoms with Gasteiger partial charge in [0.15, 0.2) is 0 Å². The number of carbonyl (C=O) groups is 1. The molecule has 1 heterocycles. The lowest BCUT2D eigenvalue weighted by molar-refractivity contribution is 0.249. The van der Waals surface area contributed by atoms with Gasteiger partial charge in [-0.15, -0.1) is 11.3 Å². The number of amides is 2. The molecule has 0 aliphatic carbocycles. The standard InChI is InChI=1S/C13H11Cl3N2OS/c1-7(11-4-5-12(16)20-11)17-13(19)18-10-3-2-8(14)6-9(10)15/h2-7H,1H3,(H2,17,18,19)/t7-/m1/s1. The SMILES string of the molecule is C[C@@H](NC(=O)Nc1ccc(Cl)cc1Cl)c1ccc(Cl)s1. The van der Waals surface area contributed by atoms with Crippen molar-refractivity contribution < 1.29 is 4.79 Å². The number of anilines is 1. The molecule has 0 aliphatic heterocycles. The minimum absolute atomic E-state index is 0.140. The van der Waals surface area contributed by atoms with E-state index in [4.69, 9.17) is 34.8 Å². The number of hydrogen-bond donors (Lipinski definition) is 2. The number of rotatable bonds is 3. The third kappa shape index (κ3) is 4.03. The average molecular weight is 350 g/mol. The van der Waals surface area contributed by atoms with E-state index >= 15 is 0 Å². The maximum absolute atomic E-state index is 11.9. The van der Waals surface area contributed by atoms with Crippen molar-refractivity contribution in [2.45, 2.75) is 13.0 Å². The lowest BCUT2D eigenvalue weighted by Gasteiger charge is -2.14. The quantitative estimate of drug-likeness (QED) is 0.745. The number of nitrogens with one attached hydrogen (secondary N) is 2. The van der Waals surface area contributed by atoms with Crippen molar-refractivity contribution in [2.24, 2.45) is 0 Å². The van der Waals surface area contributed by atoms with Gasteiger partial charge in [0, 0.05) is 9.90 Å². The van der Waals surface area contributed by atoms with Crippen LogP contribution < -0.4 is 10.6 Å². The van der Waals surface area contributed by atoms with Crippen LogP contribution in [0.25, 0.3) is 0 Å². The molecule has 106 valence electrons. The van der Waals surface area contributed by atoms with Crippen LogP contribution in [0.3, 0.4) is 0 Å². The molecule has 2 N–H and O–H groups in total. The van der Waals surface area contributed by atoms with Gasteiger partial charge in [0.2, 0.25) is 0 Å². The molecule has 1 aromatic heterocycles. The lowest BCUT2D eigenvalue weighted by atomic mass is 10.3. The first-order valence-corrected chi connectivity index (χ1v) is 7.68. The molecule has 0 aliphatic rings. The van der Waals surface area contributed by atoms with E-state index in [-0.39, 0.29) is 12.1 Å². The van der Waals surface area contributed by atoms with Crippen molar-refractivity contribution in [2.75, 3.05) is 5.32 Å². The van der Waals surface area contributed by atoms with Crippen molar-refractivity contribution in [1.29, 1.82) is 0 Å². The fourth-order valence-electron chi connectivity index (χ4n) is 1.58. The molecule has 0 radical (unpaired) electrons. The van der Waals surface area contributed by atoms with Gasteiger partial charge in [-0.3, -0.25) is 0 Å². The van der Waals surface area contributed by atoms with Crippen LogP contribution in [0.1, 0.15) is 17.8 Å². The Morgan fingerprint density at radius 1 is 1.20 bits per heavy atom. The topological polar surface area (TPSA) is 41.1 Å². The molecule has 20 heavy (non-hydrogen) atoms. The predicted molar refractivity (Wildman–Crippen MR) is 86.4 cm³/mol. The highest BCUT2D eigenvalue weighted by molar-refractivity contribution is 7.16. The van der Waals surface area contributed by atoms with E-state index in [0.29, 0.717) is 20.1 Å². The molecule has 3 nitrogen and oxygen atoms in total. The number of thiophene rings is 1. The summed E-state index contributed by atoms with van der Waals surface area (Å²) in [6, 6.07) is 8.08. The van der Waals surface area contributed by atoms with Gasteiger partial charge in [-0.05, 0) is 37.3 Å². The van der Waals surface area contributed by atoms with E-state index in [1.54, 1.807) is 24.3 Å². The first-order chi connectivity index (χ1) is 9.45. The Balaban J connectivity index is 1.98. The van der Waals surface area contributed by atoms with Crippen molar-refractivity contribution in [3.05, 3.63) is 49.6 Å². The van der Waals surface area contributed by atoms with E-state index in [9.17, 15) is 4.79 Å². The minimum Gasteiger partial charge on any atom is -0.331 e. The monoisotopic (exact) mass is 348 g/mol. The molecule has 0 unspecified atom stereocenters. The van der Waals surface area contributed by atoms with E-state index in [1.165, 1.54) is 11.3 Å². The molecule has 0 saturated heterocycles. The van der Waals surface area contributed by atoms with E-state index < -0.39 is 0 Å². The predicted octanol–water partition coefficient (Wildman–Crippen LogP) is 5.59. The highest BCUT2D eigenvalue weighted by atomic mass is 35.5. The van der Waals surface area contributed by atoms with Gasteiger partial charge in [0.1, 0.15) is 0 Å². The Hall–Kier alpha value is -0.940. The van der Waals surface area contributed by atoms with Crippen molar-refractivity contribution in [3.63, 3.8) is 0 Å². The maximum Gasteiger partial charge on any atom is 0.319 e. The van der Waals surface area contributed by atoms with Gasteiger partial charge in [0.25, 0.3) is 0 Å². The number of hydrogen-bond acceptors (Lipinski definition) is 2. The zero-order chi connectivity index (χ0) is 14.7. The van der Waals surface area contributed by atoms with Gasteiger partial charge in [-0.1, -0.05) is 34.8 Å². The lowest BCUT2D eigenvalue weighted by Crippen LogP contribution is -2.30. The first-order valence-electron chi connectivity index (χ1n) is 5.73. The van der Waals surface area contributed by atoms with Crippen LogP contribution in [0.4, 0.5) is 10.5 Å². The second-order valence-corrected chi connectivity index (χ2v) is 6.68. The Labute approximate surface area is 135 Å². The third-order valence-corrected chi connectivity index (χ3v) is 4.51. The molecular formula is C13H11Cl3N2OS. The summed E-state index contributed by atoms with van der Waals surface area (Å²) in [5, 5.41) is 6.39. The van der Waals surface area contributed by atoms with E-state index in [1.807, 2.05) is 13.0 Å². The molecule has 0 saturated carbocycles. The summed E-state index contributed by atoms with van der Waals surface area (Å²) in [6.07, 6.45) is 0. The van der Waals surface area contributed by atoms with Crippen molar-refractivity contribution in [1.82, 2.24) is 5.32 Å². The summed E-state index contributed by atoms with van der Waals surface area (Å²) in [5.74, 6) is 0. The number of halogens is 3. The molecule has 0 bridgehead atoms. The molecule has 1 atom stereocenters. The smallest absolute Gasteiger partial charge is 0.319 e. The van der Waals surface area contributed by atoms with Crippen molar-refractivity contribution >= 4 is 57.9 Å². The Morgan fingerprint density at radius 3 is 2.55 bits per heavy atom. The van der Waals surface area contributed by atoms with E-state index in [0.717, 1.165) is 4.88 Å². The minimum atomic E-state index is -0.341. The zero-order valence-corrected chi connectivity index (χ0v) is 13.5. The van der Waals surface area contributed by atoms with Gasteiger partial charge < -0.3 is 10.6 Å². The molecule has 0 spiro atoms. The molecule has 2 aromatic rings. The molecule has 2 amide bonds. The number of urea groups is 1. The highest BCUT2D eigenvalue weighted by Gasteiger charge is 2.12. The van der Waals surface area contributed by atoms with Crippen LogP contribution >= 0.6 is 46.1 Å². The van der Waals surface area contributed by atoms with Gasteiger partial charge in [-0.25, -0.2) is 4.79 Å². The summed E-state index contributed by atoms with van der Waals surface area (Å²) in [5.41, 5.74) is 0.505. The normalized spacial score (nSPS) is 12.0. The average Bonchev–Trinajstić information content (AvgIpc) is 2.79. The fourth-order valence-corrected chi connectivity index (χ4v) is 3.10. The van der Waals surface area contributed by atoms with Gasteiger partial charge >= 0.3 is 6.03 Å². The van der Waals surface area contributed by atoms with Crippen LogP contribution in [-0.2, 0) is 0 Å². The maximum atomic E-state index is 11.9. The second kappa shape index (κ2) is 6.68.